The molecule has 0 spiro atoms. The number of H-pyrrole nitrogens is 1. The fourth-order valence-corrected chi connectivity index (χ4v) is 5.97. The highest BCUT2D eigenvalue weighted by Crippen LogP contribution is 2.28. The van der Waals surface area contributed by atoms with Crippen LogP contribution >= 0.6 is 15.9 Å². The van der Waals surface area contributed by atoms with E-state index in [1.54, 1.807) is 11.6 Å². The van der Waals surface area contributed by atoms with Crippen LogP contribution in [0.5, 0.6) is 0 Å². The summed E-state index contributed by atoms with van der Waals surface area (Å²) in [7, 11) is 1.59. The molecule has 1 aliphatic rings. The number of fused-ring (bicyclic) bond motifs is 3. The van der Waals surface area contributed by atoms with Gasteiger partial charge in [0.15, 0.2) is 5.82 Å². The molecule has 0 radical (unpaired) electrons. The van der Waals surface area contributed by atoms with Crippen LogP contribution in [-0.2, 0) is 26.4 Å². The molecule has 0 saturated carbocycles. The Bertz CT molecular complexity index is 1960. The standard InChI is InChI=1S/C31H32BrN7O3/c1-17(2)12-22-15-33-39-26-16-37(29(40)21-8-11-25(32)18(3)13-21)19(4)14-24(26)30(41)38(28(22)39)23-9-6-20(7-10-23)27-34-31(42)36(5)35-27/h6-11,13,15,17,19H,12,14,16H2,1-5H3,(H,34,35,42)/t19-/m0/s1. The second-order valence-corrected chi connectivity index (χ2v) is 12.3. The van der Waals surface area contributed by atoms with Crippen molar-refractivity contribution in [1.82, 2.24) is 33.8 Å². The number of amides is 1. The molecule has 1 amide bonds. The molecule has 6 rings (SSSR count). The molecule has 4 heterocycles. The van der Waals surface area contributed by atoms with Crippen molar-refractivity contribution in [3.8, 4) is 17.1 Å². The Morgan fingerprint density at radius 2 is 1.88 bits per heavy atom. The van der Waals surface area contributed by atoms with Crippen LogP contribution in [-0.4, -0.2) is 45.8 Å². The summed E-state index contributed by atoms with van der Waals surface area (Å²) in [6.07, 6.45) is 2.99. The lowest BCUT2D eigenvalue weighted by molar-refractivity contribution is 0.0651. The fraction of sp³-hybridized carbons (Fsp3) is 0.323. The van der Waals surface area contributed by atoms with Crippen molar-refractivity contribution in [2.24, 2.45) is 13.0 Å². The van der Waals surface area contributed by atoms with Crippen LogP contribution < -0.4 is 11.2 Å². The van der Waals surface area contributed by atoms with E-state index in [0.29, 0.717) is 40.6 Å². The van der Waals surface area contributed by atoms with Gasteiger partial charge in [0.2, 0.25) is 0 Å². The van der Waals surface area contributed by atoms with Crippen LogP contribution in [0.1, 0.15) is 53.5 Å². The Hall–Kier alpha value is -4.25. The molecule has 3 aromatic heterocycles. The topological polar surface area (TPSA) is 110 Å². The number of rotatable bonds is 5. The van der Waals surface area contributed by atoms with E-state index in [2.05, 4.69) is 39.9 Å². The number of hydrogen-bond acceptors (Lipinski definition) is 5. The molecule has 2 aromatic carbocycles. The third kappa shape index (κ3) is 4.71. The highest BCUT2D eigenvalue weighted by atomic mass is 79.9. The molecule has 1 N–H and O–H groups in total. The fourth-order valence-electron chi connectivity index (χ4n) is 5.72. The number of halogens is 1. The molecule has 42 heavy (non-hydrogen) atoms. The van der Waals surface area contributed by atoms with Gasteiger partial charge in [-0.15, -0.1) is 0 Å². The molecule has 1 atom stereocenters. The summed E-state index contributed by atoms with van der Waals surface area (Å²) in [6, 6.07) is 12.8. The Kier molecular flexibility index (Phi) is 7.00. The van der Waals surface area contributed by atoms with E-state index in [-0.39, 0.29) is 29.7 Å². The Morgan fingerprint density at radius 3 is 2.52 bits per heavy atom. The molecule has 0 fully saturated rings. The van der Waals surface area contributed by atoms with Gasteiger partial charge in [0.1, 0.15) is 5.65 Å². The maximum absolute atomic E-state index is 14.3. The number of nitrogens with zero attached hydrogens (tertiary/aromatic N) is 6. The summed E-state index contributed by atoms with van der Waals surface area (Å²) in [5.41, 5.74) is 5.69. The third-order valence-corrected chi connectivity index (χ3v) is 8.80. The van der Waals surface area contributed by atoms with Crippen molar-refractivity contribution in [1.29, 1.82) is 0 Å². The number of nitrogens with one attached hydrogen (secondary N) is 1. The van der Waals surface area contributed by atoms with Gasteiger partial charge in [0, 0.05) is 39.8 Å². The van der Waals surface area contributed by atoms with Crippen LogP contribution in [0.2, 0.25) is 0 Å². The minimum absolute atomic E-state index is 0.0706. The Balaban J connectivity index is 1.48. The van der Waals surface area contributed by atoms with E-state index >= 15 is 0 Å². The lowest BCUT2D eigenvalue weighted by atomic mass is 9.97. The molecule has 0 saturated heterocycles. The number of aromatic nitrogens is 6. The zero-order chi connectivity index (χ0) is 29.9. The predicted molar refractivity (Wildman–Crippen MR) is 164 cm³/mol. The largest absolute Gasteiger partial charge is 0.343 e. The lowest BCUT2D eigenvalue weighted by Crippen LogP contribution is -2.46. The summed E-state index contributed by atoms with van der Waals surface area (Å²) in [4.78, 5) is 44.4. The number of aryl methyl sites for hydroxylation is 2. The van der Waals surface area contributed by atoms with Crippen molar-refractivity contribution >= 4 is 27.5 Å². The molecule has 10 nitrogen and oxygen atoms in total. The SMILES string of the molecule is Cc1cc(C(=O)N2Cc3c(c(=O)n(-c4ccc(-c5nn(C)c(=O)[nH]5)cc4)c4c(CC(C)C)cnn34)C[C@@H]2C)ccc1Br. The number of carbonyl (C=O) groups is 1. The first-order valence-electron chi connectivity index (χ1n) is 14.0. The molecule has 11 heteroatoms. The maximum atomic E-state index is 14.3. The van der Waals surface area contributed by atoms with Gasteiger partial charge in [-0.3, -0.25) is 19.1 Å². The zero-order valence-corrected chi connectivity index (χ0v) is 25.8. The van der Waals surface area contributed by atoms with Crippen molar-refractivity contribution < 1.29 is 4.79 Å². The van der Waals surface area contributed by atoms with Gasteiger partial charge < -0.3 is 4.90 Å². The van der Waals surface area contributed by atoms with E-state index in [9.17, 15) is 14.4 Å². The van der Waals surface area contributed by atoms with Gasteiger partial charge in [-0.05, 0) is 80.6 Å². The smallest absolute Gasteiger partial charge is 0.330 e. The number of carbonyl (C=O) groups excluding carboxylic acids is 1. The first kappa shape index (κ1) is 27.9. The number of benzene rings is 2. The van der Waals surface area contributed by atoms with Gasteiger partial charge >= 0.3 is 5.69 Å². The van der Waals surface area contributed by atoms with E-state index in [1.807, 2.05) is 71.9 Å². The monoisotopic (exact) mass is 629 g/mol. The minimum Gasteiger partial charge on any atom is -0.330 e. The molecule has 1 aliphatic heterocycles. The normalized spacial score (nSPS) is 15.0. The second kappa shape index (κ2) is 10.5. The molecular formula is C31H32BrN7O3. The van der Waals surface area contributed by atoms with Gasteiger partial charge in [-0.2, -0.15) is 10.2 Å². The summed E-state index contributed by atoms with van der Waals surface area (Å²) < 4.78 is 5.78. The summed E-state index contributed by atoms with van der Waals surface area (Å²) in [5.74, 6) is 0.736. The average Bonchev–Trinajstić information content (AvgIpc) is 3.52. The molecule has 0 unspecified atom stereocenters. The number of aromatic amines is 1. The Morgan fingerprint density at radius 1 is 1.14 bits per heavy atom. The maximum Gasteiger partial charge on any atom is 0.343 e. The first-order valence-corrected chi connectivity index (χ1v) is 14.8. The molecule has 0 bridgehead atoms. The lowest BCUT2D eigenvalue weighted by Gasteiger charge is -2.35. The van der Waals surface area contributed by atoms with Crippen molar-refractivity contribution in [3.05, 3.63) is 102 Å². The van der Waals surface area contributed by atoms with Crippen molar-refractivity contribution in [2.75, 3.05) is 0 Å². The van der Waals surface area contributed by atoms with Crippen molar-refractivity contribution in [2.45, 2.75) is 53.1 Å². The van der Waals surface area contributed by atoms with E-state index in [0.717, 1.165) is 33.3 Å². The van der Waals surface area contributed by atoms with E-state index in [1.165, 1.54) is 4.68 Å². The molecule has 5 aromatic rings. The quantitative estimate of drug-likeness (QED) is 0.309. The molecule has 0 aliphatic carbocycles. The molecule has 216 valence electrons. The summed E-state index contributed by atoms with van der Waals surface area (Å²) in [6.45, 7) is 8.50. The zero-order valence-electron chi connectivity index (χ0n) is 24.2. The van der Waals surface area contributed by atoms with Crippen molar-refractivity contribution in [3.63, 3.8) is 0 Å². The van der Waals surface area contributed by atoms with Gasteiger partial charge in [-0.25, -0.2) is 14.0 Å². The molecular weight excluding hydrogens is 598 g/mol. The van der Waals surface area contributed by atoms with Crippen LogP contribution in [0.25, 0.3) is 22.7 Å². The average molecular weight is 631 g/mol. The van der Waals surface area contributed by atoms with Crippen LogP contribution in [0.4, 0.5) is 0 Å². The van der Waals surface area contributed by atoms with E-state index in [4.69, 9.17) is 5.10 Å². The predicted octanol–water partition coefficient (Wildman–Crippen LogP) is 4.43. The third-order valence-electron chi connectivity index (χ3n) is 7.91. The number of hydrogen-bond donors (Lipinski definition) is 1. The van der Waals surface area contributed by atoms with Gasteiger partial charge in [0.25, 0.3) is 11.5 Å². The first-order chi connectivity index (χ1) is 20.0. The van der Waals surface area contributed by atoms with Crippen LogP contribution in [0, 0.1) is 12.8 Å². The van der Waals surface area contributed by atoms with E-state index < -0.39 is 0 Å². The Labute approximate surface area is 250 Å². The van der Waals surface area contributed by atoms with Gasteiger partial charge in [0.05, 0.1) is 24.1 Å². The summed E-state index contributed by atoms with van der Waals surface area (Å²) >= 11 is 3.52. The second-order valence-electron chi connectivity index (χ2n) is 11.5. The highest BCUT2D eigenvalue weighted by Gasteiger charge is 2.33. The summed E-state index contributed by atoms with van der Waals surface area (Å²) in [5, 5.41) is 9.01. The van der Waals surface area contributed by atoms with Crippen LogP contribution in [0.15, 0.2) is 62.7 Å². The van der Waals surface area contributed by atoms with Crippen LogP contribution in [0.3, 0.4) is 0 Å². The highest BCUT2D eigenvalue weighted by molar-refractivity contribution is 9.10. The van der Waals surface area contributed by atoms with Gasteiger partial charge in [-0.1, -0.05) is 29.8 Å². The minimum atomic E-state index is -0.295.